The molecule has 0 saturated carbocycles. The van der Waals surface area contributed by atoms with Crippen molar-refractivity contribution in [1.82, 2.24) is 0 Å². The molecule has 0 saturated heterocycles. The van der Waals surface area contributed by atoms with Crippen LogP contribution in [0.15, 0.2) is 47.5 Å². The molecule has 0 bridgehead atoms. The van der Waals surface area contributed by atoms with Crippen LogP contribution in [-0.4, -0.2) is 5.98 Å². The predicted octanol–water partition coefficient (Wildman–Crippen LogP) is 2.16. The first-order valence-corrected chi connectivity index (χ1v) is 25.0. The van der Waals surface area contributed by atoms with Gasteiger partial charge in [0.05, 0.1) is 0 Å². The molecule has 0 radical (unpaired) electrons. The van der Waals surface area contributed by atoms with Crippen molar-refractivity contribution in [3.8, 4) is 0 Å². The number of hydrogen-bond donors (Lipinski definition) is 0. The molecular formula is C28H37Cl2HfSi. The van der Waals surface area contributed by atoms with Crippen LogP contribution < -0.4 is 24.8 Å². The molecule has 32 heavy (non-hydrogen) atoms. The van der Waals surface area contributed by atoms with Crippen LogP contribution in [-0.2, 0) is 20.6 Å². The molecule has 0 aliphatic heterocycles. The molecule has 0 N–H and O–H groups in total. The third-order valence-electron chi connectivity index (χ3n) is 7.19. The third kappa shape index (κ3) is 4.99. The van der Waals surface area contributed by atoms with E-state index in [0.29, 0.717) is 11.8 Å². The van der Waals surface area contributed by atoms with E-state index >= 15 is 0 Å². The molecule has 171 valence electrons. The Kier molecular flexibility index (Phi) is 9.47. The summed E-state index contributed by atoms with van der Waals surface area (Å²) in [5, 5.41) is 0. The van der Waals surface area contributed by atoms with Crippen LogP contribution in [0.5, 0.6) is 0 Å². The van der Waals surface area contributed by atoms with Crippen LogP contribution >= 0.6 is 0 Å². The summed E-state index contributed by atoms with van der Waals surface area (Å²) in [6, 6.07) is 14.8. The average molecular weight is 651 g/mol. The fraction of sp³-hybridized carbons (Fsp3) is 0.429. The Morgan fingerprint density at radius 2 is 1.06 bits per heavy atom. The van der Waals surface area contributed by atoms with Crippen molar-refractivity contribution in [2.45, 2.75) is 73.8 Å². The van der Waals surface area contributed by atoms with Crippen molar-refractivity contribution in [2.75, 3.05) is 0 Å². The number of rotatable bonds is 5. The fourth-order valence-corrected chi connectivity index (χ4v) is 38.5. The molecule has 2 aliphatic rings. The predicted molar refractivity (Wildman–Crippen MR) is 133 cm³/mol. The maximum atomic E-state index is 2.66. The van der Waals surface area contributed by atoms with E-state index in [1.54, 1.807) is 22.3 Å². The zero-order valence-electron chi connectivity index (χ0n) is 20.8. The number of fused-ring (bicyclic) bond motifs is 2. The van der Waals surface area contributed by atoms with Gasteiger partial charge in [-0.2, -0.15) is 0 Å². The normalized spacial score (nSPS) is 18.7. The summed E-state index contributed by atoms with van der Waals surface area (Å²) in [4.78, 5) is 0. The van der Waals surface area contributed by atoms with Gasteiger partial charge >= 0.3 is 193 Å². The van der Waals surface area contributed by atoms with Crippen molar-refractivity contribution >= 4 is 18.1 Å². The standard InChI is InChI=1S/2C13H15.C2H7Si.2ClH.Hf/c2*1-9(2)11-4-5-12-6-10(3)7-13(12)8-11;1-3-2;;;/h2*4-9H,1-3H3;3H,1-2H3;2*1H;/q;;;;;+2/p-2. The molecule has 2 atom stereocenters. The Morgan fingerprint density at radius 1 is 0.688 bits per heavy atom. The maximum absolute atomic E-state index is 2.66. The first kappa shape index (κ1) is 27.8. The average Bonchev–Trinajstić information content (AvgIpc) is 3.17. The van der Waals surface area contributed by atoms with Gasteiger partial charge in [-0.3, -0.25) is 0 Å². The minimum Gasteiger partial charge on any atom is -1.00 e. The molecule has 4 heteroatoms. The molecule has 0 fully saturated rings. The van der Waals surface area contributed by atoms with E-state index < -0.39 is 26.6 Å². The minimum atomic E-state index is -2.04. The molecule has 2 aromatic rings. The number of halogens is 2. The van der Waals surface area contributed by atoms with Gasteiger partial charge in [-0.15, -0.1) is 0 Å². The van der Waals surface area contributed by atoms with E-state index in [0.717, 1.165) is 7.35 Å². The van der Waals surface area contributed by atoms with Gasteiger partial charge in [-0.05, 0) is 0 Å². The van der Waals surface area contributed by atoms with Gasteiger partial charge in [0.15, 0.2) is 0 Å². The number of allylic oxidation sites excluding steroid dienone is 2. The van der Waals surface area contributed by atoms with Gasteiger partial charge < -0.3 is 24.8 Å². The van der Waals surface area contributed by atoms with Gasteiger partial charge in [0.1, 0.15) is 0 Å². The summed E-state index contributed by atoms with van der Waals surface area (Å²) in [7, 11) is 0. The van der Waals surface area contributed by atoms with Crippen LogP contribution in [0.2, 0.25) is 13.1 Å². The Balaban J connectivity index is 0.00000181. The van der Waals surface area contributed by atoms with Crippen LogP contribution in [0.25, 0.3) is 12.2 Å². The van der Waals surface area contributed by atoms with Gasteiger partial charge in [0.25, 0.3) is 0 Å². The van der Waals surface area contributed by atoms with Crippen LogP contribution in [0, 0.1) is 0 Å². The SMILES string of the molecule is CC1=Cc2cc(C(C)C)ccc2[CH]1[Hf+2]([CH]1C(C)=Cc2cc(C(C)C)ccc21)[SiH](C)C.[Cl-].[Cl-]. The van der Waals surface area contributed by atoms with Gasteiger partial charge in [0, 0.05) is 0 Å². The Bertz CT molecular complexity index is 956. The molecular weight excluding hydrogens is 614 g/mol. The summed E-state index contributed by atoms with van der Waals surface area (Å²) in [5.41, 5.74) is 12.7. The van der Waals surface area contributed by atoms with E-state index in [-0.39, 0.29) is 24.8 Å². The largest absolute Gasteiger partial charge is 1.00 e. The summed E-state index contributed by atoms with van der Waals surface area (Å²) in [6.07, 6.45) is 5.06. The molecule has 4 rings (SSSR count). The fourth-order valence-electron chi connectivity index (χ4n) is 5.55. The van der Waals surface area contributed by atoms with E-state index in [2.05, 4.69) is 103 Å². The number of benzene rings is 2. The van der Waals surface area contributed by atoms with E-state index in [4.69, 9.17) is 0 Å². The monoisotopic (exact) mass is 651 g/mol. The minimum absolute atomic E-state index is 0. The second-order valence-corrected chi connectivity index (χ2v) is 38.3. The van der Waals surface area contributed by atoms with Crippen molar-refractivity contribution in [3.63, 3.8) is 0 Å². The molecule has 0 spiro atoms. The second kappa shape index (κ2) is 10.9. The Morgan fingerprint density at radius 3 is 1.38 bits per heavy atom. The van der Waals surface area contributed by atoms with Crippen molar-refractivity contribution in [1.29, 1.82) is 0 Å². The van der Waals surface area contributed by atoms with E-state index in [9.17, 15) is 0 Å². The quantitative estimate of drug-likeness (QED) is 0.436. The summed E-state index contributed by atoms with van der Waals surface area (Å²) in [5.74, 6) is 0.483. The van der Waals surface area contributed by atoms with Crippen molar-refractivity contribution < 1.29 is 45.4 Å². The zero-order chi connectivity index (χ0) is 21.7. The molecule has 0 aromatic heterocycles. The molecule has 0 nitrogen and oxygen atoms in total. The van der Waals surface area contributed by atoms with Gasteiger partial charge in [0.2, 0.25) is 0 Å². The topological polar surface area (TPSA) is 0 Å². The number of hydrogen-bond acceptors (Lipinski definition) is 0. The molecule has 2 aliphatic carbocycles. The van der Waals surface area contributed by atoms with Crippen molar-refractivity contribution in [3.05, 3.63) is 80.9 Å². The smallest absolute Gasteiger partial charge is 1.00 e. The first-order valence-electron chi connectivity index (χ1n) is 11.7. The van der Waals surface area contributed by atoms with E-state index in [1.165, 1.54) is 22.3 Å². The van der Waals surface area contributed by atoms with Crippen molar-refractivity contribution in [2.24, 2.45) is 0 Å². The first-order chi connectivity index (χ1) is 14.2. The van der Waals surface area contributed by atoms with Gasteiger partial charge in [-0.1, -0.05) is 0 Å². The molecule has 0 heterocycles. The summed E-state index contributed by atoms with van der Waals surface area (Å²) in [6.45, 7) is 19.4. The van der Waals surface area contributed by atoms with E-state index in [1.807, 2.05) is 0 Å². The van der Waals surface area contributed by atoms with Gasteiger partial charge in [-0.25, -0.2) is 0 Å². The third-order valence-corrected chi connectivity index (χ3v) is 38.6. The molecule has 2 unspecified atom stereocenters. The zero-order valence-corrected chi connectivity index (χ0v) is 27.0. The van der Waals surface area contributed by atoms with Crippen LogP contribution in [0.3, 0.4) is 0 Å². The van der Waals surface area contributed by atoms with Crippen LogP contribution in [0.1, 0.15) is 94.1 Å². The Labute approximate surface area is 216 Å². The Hall–Kier alpha value is -0.413. The second-order valence-electron chi connectivity index (χ2n) is 10.4. The maximum Gasteiger partial charge on any atom is -1.00 e. The molecule has 2 aromatic carbocycles. The summed E-state index contributed by atoms with van der Waals surface area (Å²) >= 11 is -2.04. The van der Waals surface area contributed by atoms with Crippen LogP contribution in [0.4, 0.5) is 0 Å². The molecule has 0 amide bonds. The summed E-state index contributed by atoms with van der Waals surface area (Å²) < 4.78 is 1.56.